The van der Waals surface area contributed by atoms with Crippen LogP contribution in [0.5, 0.6) is 0 Å². The maximum atomic E-state index is 13.0. The van der Waals surface area contributed by atoms with Crippen LogP contribution in [0.1, 0.15) is 28.8 Å². The Kier molecular flexibility index (Phi) is 5.49. The van der Waals surface area contributed by atoms with Crippen LogP contribution in [-0.2, 0) is 4.74 Å². The number of nitrogens with zero attached hydrogens (tertiary/aromatic N) is 3. The van der Waals surface area contributed by atoms with Crippen LogP contribution in [0.2, 0.25) is 0 Å². The minimum atomic E-state index is -0.327. The minimum Gasteiger partial charge on any atom is -0.383 e. The summed E-state index contributed by atoms with van der Waals surface area (Å²) in [6, 6.07) is 11.7. The van der Waals surface area contributed by atoms with Crippen LogP contribution in [-0.4, -0.2) is 60.5 Å². The first-order chi connectivity index (χ1) is 14.1. The number of likely N-dealkylation sites (tertiary alicyclic amines) is 1. The Labute approximate surface area is 171 Å². The number of fused-ring (bicyclic) bond motifs is 1. The fourth-order valence-corrected chi connectivity index (χ4v) is 4.03. The van der Waals surface area contributed by atoms with E-state index in [0.717, 1.165) is 41.3 Å². The number of pyridine rings is 1. The zero-order valence-corrected chi connectivity index (χ0v) is 16.9. The molecule has 2 aromatic rings. The smallest absolute Gasteiger partial charge is 0.254 e. The van der Waals surface area contributed by atoms with Crippen molar-refractivity contribution in [1.29, 1.82) is 0 Å². The number of nitrogens with one attached hydrogen (secondary N) is 2. The molecule has 2 aliphatic heterocycles. The van der Waals surface area contributed by atoms with E-state index in [2.05, 4.69) is 15.6 Å². The van der Waals surface area contributed by atoms with Crippen LogP contribution in [0.25, 0.3) is 0 Å². The predicted octanol–water partition coefficient (Wildman–Crippen LogP) is 2.95. The van der Waals surface area contributed by atoms with Crippen molar-refractivity contribution in [3.63, 3.8) is 0 Å². The molecule has 2 N–H and O–H groups in total. The molecule has 1 saturated heterocycles. The first-order valence-corrected chi connectivity index (χ1v) is 10.0. The third kappa shape index (κ3) is 3.82. The van der Waals surface area contributed by atoms with E-state index >= 15 is 0 Å². The zero-order chi connectivity index (χ0) is 20.3. The Morgan fingerprint density at radius 2 is 2.03 bits per heavy atom. The molecule has 0 aliphatic carbocycles. The molecule has 152 valence electrons. The van der Waals surface area contributed by atoms with E-state index in [9.17, 15) is 4.79 Å². The number of aromatic nitrogens is 1. The van der Waals surface area contributed by atoms with Gasteiger partial charge in [0.15, 0.2) is 5.82 Å². The lowest BCUT2D eigenvalue weighted by Gasteiger charge is -2.46. The lowest BCUT2D eigenvalue weighted by atomic mass is 9.84. The second-order valence-electron chi connectivity index (χ2n) is 7.56. The standard InChI is InChI=1S/C22H27N5O2/c1-16-6-3-4-7-17(16)20(28)27-13-9-22(10-14-27)21(24-12-15-29-2)25-19-18(26-22)8-5-11-23-19/h3-8,11,26H,9-10,12-15H2,1-2H3,(H,23,24,25). The van der Waals surface area contributed by atoms with Gasteiger partial charge in [-0.15, -0.1) is 0 Å². The monoisotopic (exact) mass is 393 g/mol. The summed E-state index contributed by atoms with van der Waals surface area (Å²) in [6.07, 6.45) is 3.32. The largest absolute Gasteiger partial charge is 0.383 e. The number of ether oxygens (including phenoxy) is 1. The number of aliphatic imine (C=N–C) groups is 1. The number of carbonyl (C=O) groups is 1. The SMILES string of the molecule is COCCN=C1Nc2ncccc2NC12CCN(C(=O)c1ccccc1C)CC2. The van der Waals surface area contributed by atoms with Crippen molar-refractivity contribution in [3.8, 4) is 0 Å². The molecule has 29 heavy (non-hydrogen) atoms. The highest BCUT2D eigenvalue weighted by molar-refractivity contribution is 6.09. The quantitative estimate of drug-likeness (QED) is 0.781. The van der Waals surface area contributed by atoms with Crippen LogP contribution in [0.15, 0.2) is 47.6 Å². The number of benzene rings is 1. The van der Waals surface area contributed by atoms with Crippen molar-refractivity contribution in [2.75, 3.05) is 44.0 Å². The number of anilines is 2. The van der Waals surface area contributed by atoms with E-state index in [1.165, 1.54) is 0 Å². The number of hydrogen-bond donors (Lipinski definition) is 2. The van der Waals surface area contributed by atoms with Gasteiger partial charge in [-0.1, -0.05) is 18.2 Å². The Morgan fingerprint density at radius 3 is 2.79 bits per heavy atom. The normalized spacial score (nSPS) is 18.8. The molecule has 2 aliphatic rings. The molecule has 7 heteroatoms. The number of piperidine rings is 1. The van der Waals surface area contributed by atoms with Gasteiger partial charge in [-0.05, 0) is 43.5 Å². The molecule has 1 aromatic carbocycles. The fraction of sp³-hybridized carbons (Fsp3) is 0.409. The minimum absolute atomic E-state index is 0.0988. The van der Waals surface area contributed by atoms with Crippen molar-refractivity contribution in [2.45, 2.75) is 25.3 Å². The Hall–Kier alpha value is -2.93. The van der Waals surface area contributed by atoms with E-state index in [0.29, 0.717) is 26.2 Å². The number of hydrogen-bond acceptors (Lipinski definition) is 5. The number of amidine groups is 1. The van der Waals surface area contributed by atoms with Gasteiger partial charge in [-0.2, -0.15) is 0 Å². The van der Waals surface area contributed by atoms with Gasteiger partial charge in [0, 0.05) is 32.0 Å². The molecule has 1 spiro atoms. The summed E-state index contributed by atoms with van der Waals surface area (Å²) in [6.45, 7) is 4.46. The van der Waals surface area contributed by atoms with E-state index in [4.69, 9.17) is 9.73 Å². The van der Waals surface area contributed by atoms with Gasteiger partial charge in [0.2, 0.25) is 0 Å². The molecule has 1 fully saturated rings. The average molecular weight is 393 g/mol. The van der Waals surface area contributed by atoms with Crippen molar-refractivity contribution < 1.29 is 9.53 Å². The fourth-order valence-electron chi connectivity index (χ4n) is 4.03. The molecule has 4 rings (SSSR count). The molecule has 0 radical (unpaired) electrons. The summed E-state index contributed by atoms with van der Waals surface area (Å²) in [5.41, 5.74) is 2.43. The van der Waals surface area contributed by atoms with Gasteiger partial charge in [-0.25, -0.2) is 4.98 Å². The molecule has 1 aromatic heterocycles. The molecule has 3 heterocycles. The van der Waals surface area contributed by atoms with Crippen LogP contribution in [0.3, 0.4) is 0 Å². The number of rotatable bonds is 4. The highest BCUT2D eigenvalue weighted by atomic mass is 16.5. The van der Waals surface area contributed by atoms with Gasteiger partial charge < -0.3 is 20.3 Å². The predicted molar refractivity (Wildman–Crippen MR) is 115 cm³/mol. The van der Waals surface area contributed by atoms with E-state index in [1.54, 1.807) is 13.3 Å². The Morgan fingerprint density at radius 1 is 1.24 bits per heavy atom. The molecule has 1 amide bonds. The highest BCUT2D eigenvalue weighted by Crippen LogP contribution is 2.36. The number of carbonyl (C=O) groups excluding carboxylic acids is 1. The Balaban J connectivity index is 1.55. The second kappa shape index (κ2) is 8.21. The molecule has 0 unspecified atom stereocenters. The van der Waals surface area contributed by atoms with Gasteiger partial charge in [0.25, 0.3) is 5.91 Å². The summed E-state index contributed by atoms with van der Waals surface area (Å²) < 4.78 is 5.16. The lowest BCUT2D eigenvalue weighted by molar-refractivity contribution is 0.0704. The van der Waals surface area contributed by atoms with Crippen LogP contribution in [0, 0.1) is 6.92 Å². The van der Waals surface area contributed by atoms with Gasteiger partial charge >= 0.3 is 0 Å². The molecule has 0 saturated carbocycles. The number of amides is 1. The van der Waals surface area contributed by atoms with Crippen molar-refractivity contribution in [2.24, 2.45) is 4.99 Å². The molecule has 0 atom stereocenters. The zero-order valence-electron chi connectivity index (χ0n) is 16.9. The van der Waals surface area contributed by atoms with Crippen LogP contribution < -0.4 is 10.6 Å². The molecular formula is C22H27N5O2. The topological polar surface area (TPSA) is 78.8 Å². The summed E-state index contributed by atoms with van der Waals surface area (Å²) in [5, 5.41) is 7.08. The van der Waals surface area contributed by atoms with E-state index < -0.39 is 0 Å². The number of methoxy groups -OCH3 is 1. The summed E-state index contributed by atoms with van der Waals surface area (Å²) >= 11 is 0. The highest BCUT2D eigenvalue weighted by Gasteiger charge is 2.43. The van der Waals surface area contributed by atoms with E-state index in [-0.39, 0.29) is 11.4 Å². The molecular weight excluding hydrogens is 366 g/mol. The third-order valence-corrected chi connectivity index (χ3v) is 5.72. The van der Waals surface area contributed by atoms with Crippen LogP contribution >= 0.6 is 0 Å². The van der Waals surface area contributed by atoms with Crippen LogP contribution in [0.4, 0.5) is 11.5 Å². The van der Waals surface area contributed by atoms with Gasteiger partial charge in [-0.3, -0.25) is 9.79 Å². The van der Waals surface area contributed by atoms with Gasteiger partial charge in [0.1, 0.15) is 5.84 Å². The number of aryl methyl sites for hydroxylation is 1. The van der Waals surface area contributed by atoms with Crippen molar-refractivity contribution in [3.05, 3.63) is 53.7 Å². The molecule has 0 bridgehead atoms. The first-order valence-electron chi connectivity index (χ1n) is 10.0. The van der Waals surface area contributed by atoms with Crippen molar-refractivity contribution >= 4 is 23.2 Å². The molecule has 7 nitrogen and oxygen atoms in total. The average Bonchev–Trinajstić information content (AvgIpc) is 2.75. The summed E-state index contributed by atoms with van der Waals surface area (Å²) in [5.74, 6) is 1.76. The lowest BCUT2D eigenvalue weighted by Crippen LogP contribution is -2.59. The van der Waals surface area contributed by atoms with E-state index in [1.807, 2.05) is 48.2 Å². The Bertz CT molecular complexity index is 919. The first kappa shape index (κ1) is 19.4. The third-order valence-electron chi connectivity index (χ3n) is 5.72. The summed E-state index contributed by atoms with van der Waals surface area (Å²) in [7, 11) is 1.68. The summed E-state index contributed by atoms with van der Waals surface area (Å²) in [4.78, 5) is 24.1. The maximum absolute atomic E-state index is 13.0. The van der Waals surface area contributed by atoms with Gasteiger partial charge in [0.05, 0.1) is 24.4 Å². The second-order valence-corrected chi connectivity index (χ2v) is 7.56. The maximum Gasteiger partial charge on any atom is 0.254 e. The van der Waals surface area contributed by atoms with Crippen molar-refractivity contribution in [1.82, 2.24) is 9.88 Å².